The number of aliphatic hydroxyl groups excluding tert-OH is 1. The Balaban J connectivity index is 2.31. The Kier molecular flexibility index (Phi) is 4.66. The maximum Gasteiger partial charge on any atom is 0.0854 e. The maximum absolute atomic E-state index is 8.63. The summed E-state index contributed by atoms with van der Waals surface area (Å²) in [5, 5.41) is 8.63. The lowest BCUT2D eigenvalue weighted by Crippen LogP contribution is -2.51. The maximum atomic E-state index is 8.63. The van der Waals surface area contributed by atoms with E-state index in [-0.39, 0.29) is 18.8 Å². The van der Waals surface area contributed by atoms with E-state index in [1.165, 1.54) is 0 Å². The molecule has 0 amide bonds. The number of aliphatic hydroxyl groups is 1. The minimum Gasteiger partial charge on any atom is -0.394 e. The van der Waals surface area contributed by atoms with E-state index in [4.69, 9.17) is 15.6 Å². The van der Waals surface area contributed by atoms with E-state index in [0.29, 0.717) is 6.61 Å². The molecule has 2 atom stereocenters. The highest BCUT2D eigenvalue weighted by Crippen LogP contribution is 2.11. The van der Waals surface area contributed by atoms with Gasteiger partial charge in [0.1, 0.15) is 0 Å². The minimum atomic E-state index is 0.0787. The van der Waals surface area contributed by atoms with Crippen molar-refractivity contribution in [3.63, 3.8) is 0 Å². The number of piperidine rings is 1. The van der Waals surface area contributed by atoms with Crippen LogP contribution in [-0.4, -0.2) is 55.0 Å². The summed E-state index contributed by atoms with van der Waals surface area (Å²) in [6, 6.07) is 0.134. The van der Waals surface area contributed by atoms with Crippen molar-refractivity contribution in [2.24, 2.45) is 5.73 Å². The molecule has 0 aromatic rings. The van der Waals surface area contributed by atoms with Gasteiger partial charge >= 0.3 is 0 Å². The van der Waals surface area contributed by atoms with Gasteiger partial charge in [-0.25, -0.2) is 0 Å². The topological polar surface area (TPSA) is 58.7 Å². The number of ether oxygens (including phenoxy) is 1. The van der Waals surface area contributed by atoms with E-state index < -0.39 is 0 Å². The second-order valence-electron chi connectivity index (χ2n) is 3.48. The van der Waals surface area contributed by atoms with Gasteiger partial charge in [0, 0.05) is 12.6 Å². The lowest BCUT2D eigenvalue weighted by Gasteiger charge is -2.35. The van der Waals surface area contributed by atoms with Crippen molar-refractivity contribution in [1.29, 1.82) is 0 Å². The molecule has 0 spiro atoms. The summed E-state index contributed by atoms with van der Waals surface area (Å²) in [5.41, 5.74) is 5.90. The molecule has 0 bridgehead atoms. The third-order valence-corrected chi connectivity index (χ3v) is 2.56. The van der Waals surface area contributed by atoms with Crippen molar-refractivity contribution >= 4 is 0 Å². The summed E-state index contributed by atoms with van der Waals surface area (Å²) < 4.78 is 5.46. The van der Waals surface area contributed by atoms with Crippen molar-refractivity contribution in [2.45, 2.75) is 25.5 Å². The van der Waals surface area contributed by atoms with Gasteiger partial charge in [-0.2, -0.15) is 0 Å². The van der Waals surface area contributed by atoms with Crippen LogP contribution in [0.15, 0.2) is 0 Å². The van der Waals surface area contributed by atoms with E-state index in [1.54, 1.807) is 0 Å². The van der Waals surface area contributed by atoms with Gasteiger partial charge in [-0.05, 0) is 19.5 Å². The van der Waals surface area contributed by atoms with Crippen molar-refractivity contribution in [3.05, 3.63) is 0 Å². The first kappa shape index (κ1) is 10.9. The SMILES string of the molecule is CCN1CC[C@@H](N)[C@H](OCCO)C1. The predicted octanol–water partition coefficient (Wildman–Crippen LogP) is -0.583. The number of hydrogen-bond donors (Lipinski definition) is 2. The molecule has 4 heteroatoms. The second kappa shape index (κ2) is 5.54. The number of likely N-dealkylation sites (tertiary alicyclic amines) is 1. The Morgan fingerprint density at radius 2 is 2.38 bits per heavy atom. The first-order valence-electron chi connectivity index (χ1n) is 4.98. The van der Waals surface area contributed by atoms with E-state index in [2.05, 4.69) is 11.8 Å². The smallest absolute Gasteiger partial charge is 0.0854 e. The molecule has 1 heterocycles. The summed E-state index contributed by atoms with van der Waals surface area (Å²) in [5.74, 6) is 0. The summed E-state index contributed by atoms with van der Waals surface area (Å²) in [7, 11) is 0. The molecule has 1 rings (SSSR count). The quantitative estimate of drug-likeness (QED) is 0.619. The Hall–Kier alpha value is -0.160. The highest BCUT2D eigenvalue weighted by atomic mass is 16.5. The van der Waals surface area contributed by atoms with Crippen LogP contribution in [0.25, 0.3) is 0 Å². The van der Waals surface area contributed by atoms with Gasteiger partial charge in [0.25, 0.3) is 0 Å². The molecule has 13 heavy (non-hydrogen) atoms. The summed E-state index contributed by atoms with van der Waals surface area (Å²) >= 11 is 0. The Morgan fingerprint density at radius 3 is 3.00 bits per heavy atom. The van der Waals surface area contributed by atoms with E-state index >= 15 is 0 Å². The van der Waals surface area contributed by atoms with Crippen LogP contribution in [0.5, 0.6) is 0 Å². The standard InChI is InChI=1S/C9H20N2O2/c1-2-11-4-3-8(10)9(7-11)13-6-5-12/h8-9,12H,2-7,10H2,1H3/t8-,9-/m1/s1. The van der Waals surface area contributed by atoms with Crippen LogP contribution < -0.4 is 5.73 Å². The zero-order valence-corrected chi connectivity index (χ0v) is 8.28. The Labute approximate surface area is 79.7 Å². The number of rotatable bonds is 4. The molecule has 0 saturated carbocycles. The molecule has 3 N–H and O–H groups in total. The van der Waals surface area contributed by atoms with E-state index in [9.17, 15) is 0 Å². The zero-order valence-electron chi connectivity index (χ0n) is 8.28. The van der Waals surface area contributed by atoms with Gasteiger partial charge in [-0.15, -0.1) is 0 Å². The number of hydrogen-bond acceptors (Lipinski definition) is 4. The van der Waals surface area contributed by atoms with Gasteiger partial charge < -0.3 is 20.5 Å². The van der Waals surface area contributed by atoms with Crippen molar-refractivity contribution in [3.8, 4) is 0 Å². The van der Waals surface area contributed by atoms with Gasteiger partial charge in [0.15, 0.2) is 0 Å². The lowest BCUT2D eigenvalue weighted by atomic mass is 10.0. The average molecular weight is 188 g/mol. The lowest BCUT2D eigenvalue weighted by molar-refractivity contribution is -0.0244. The monoisotopic (exact) mass is 188 g/mol. The first-order valence-corrected chi connectivity index (χ1v) is 4.98. The summed E-state index contributed by atoms with van der Waals surface area (Å²) in [6.45, 7) is 5.63. The van der Waals surface area contributed by atoms with Crippen LogP contribution >= 0.6 is 0 Å². The number of likely N-dealkylation sites (N-methyl/N-ethyl adjacent to an activating group) is 1. The highest BCUT2D eigenvalue weighted by molar-refractivity contribution is 4.83. The molecule has 0 aromatic carbocycles. The van der Waals surface area contributed by atoms with Gasteiger partial charge in [0.05, 0.1) is 19.3 Å². The molecule has 0 radical (unpaired) electrons. The van der Waals surface area contributed by atoms with Crippen LogP contribution in [0.4, 0.5) is 0 Å². The second-order valence-corrected chi connectivity index (χ2v) is 3.48. The molecule has 1 aliphatic heterocycles. The molecule has 1 fully saturated rings. The molecular weight excluding hydrogens is 168 g/mol. The van der Waals surface area contributed by atoms with Gasteiger partial charge in [-0.1, -0.05) is 6.92 Å². The number of nitrogens with zero attached hydrogens (tertiary/aromatic N) is 1. The van der Waals surface area contributed by atoms with Crippen LogP contribution in [0.3, 0.4) is 0 Å². The first-order chi connectivity index (χ1) is 6.27. The largest absolute Gasteiger partial charge is 0.394 e. The fourth-order valence-electron chi connectivity index (χ4n) is 1.67. The molecular formula is C9H20N2O2. The molecule has 0 aliphatic carbocycles. The van der Waals surface area contributed by atoms with Crippen molar-refractivity contribution in [2.75, 3.05) is 32.8 Å². The van der Waals surface area contributed by atoms with Crippen molar-refractivity contribution in [1.82, 2.24) is 4.90 Å². The Morgan fingerprint density at radius 1 is 1.62 bits per heavy atom. The highest BCUT2D eigenvalue weighted by Gasteiger charge is 2.25. The molecule has 78 valence electrons. The molecule has 0 unspecified atom stereocenters. The molecule has 4 nitrogen and oxygen atoms in total. The third kappa shape index (κ3) is 3.23. The normalized spacial score (nSPS) is 30.7. The fourth-order valence-corrected chi connectivity index (χ4v) is 1.67. The van der Waals surface area contributed by atoms with Gasteiger partial charge in [-0.3, -0.25) is 0 Å². The molecule has 1 saturated heterocycles. The van der Waals surface area contributed by atoms with E-state index in [0.717, 1.165) is 26.1 Å². The van der Waals surface area contributed by atoms with Crippen LogP contribution in [0.2, 0.25) is 0 Å². The van der Waals surface area contributed by atoms with Crippen molar-refractivity contribution < 1.29 is 9.84 Å². The average Bonchev–Trinajstić information content (AvgIpc) is 2.17. The summed E-state index contributed by atoms with van der Waals surface area (Å²) in [6.07, 6.45) is 1.09. The fraction of sp³-hybridized carbons (Fsp3) is 1.00. The molecule has 0 aromatic heterocycles. The Bertz CT molecular complexity index is 144. The number of nitrogens with two attached hydrogens (primary N) is 1. The zero-order chi connectivity index (χ0) is 9.68. The third-order valence-electron chi connectivity index (χ3n) is 2.56. The summed E-state index contributed by atoms with van der Waals surface area (Å²) in [4.78, 5) is 2.32. The van der Waals surface area contributed by atoms with E-state index in [1.807, 2.05) is 0 Å². The minimum absolute atomic E-state index is 0.0787. The predicted molar refractivity (Wildman–Crippen MR) is 51.5 cm³/mol. The van der Waals surface area contributed by atoms with Crippen LogP contribution in [-0.2, 0) is 4.74 Å². The van der Waals surface area contributed by atoms with Gasteiger partial charge in [0.2, 0.25) is 0 Å². The molecule has 1 aliphatic rings. The van der Waals surface area contributed by atoms with Crippen LogP contribution in [0.1, 0.15) is 13.3 Å². The van der Waals surface area contributed by atoms with Crippen LogP contribution in [0, 0.1) is 0 Å².